The van der Waals surface area contributed by atoms with Crippen LogP contribution in [0, 0.1) is 5.41 Å². The second kappa shape index (κ2) is 5.27. The van der Waals surface area contributed by atoms with Crippen molar-refractivity contribution >= 4 is 5.91 Å². The summed E-state index contributed by atoms with van der Waals surface area (Å²) in [4.78, 5) is 16.2. The molecular weight excluding hydrogens is 214 g/mol. The van der Waals surface area contributed by atoms with Gasteiger partial charge >= 0.3 is 0 Å². The standard InChI is InChI=1S/C13H19N3O/c14-10-13(5-1-2-6-13)12(17)16-9-11-4-3-7-15-8-11/h3-4,7-8H,1-2,5-6,9-10,14H2,(H,16,17). The summed E-state index contributed by atoms with van der Waals surface area (Å²) in [5.74, 6) is 0.0985. The Morgan fingerprint density at radius 3 is 2.82 bits per heavy atom. The molecule has 1 heterocycles. The first-order valence-electron chi connectivity index (χ1n) is 6.14. The molecule has 0 radical (unpaired) electrons. The molecule has 1 aromatic rings. The van der Waals surface area contributed by atoms with E-state index in [1.54, 1.807) is 12.4 Å². The van der Waals surface area contributed by atoms with E-state index in [0.29, 0.717) is 13.1 Å². The maximum Gasteiger partial charge on any atom is 0.227 e. The van der Waals surface area contributed by atoms with Gasteiger partial charge in [-0.3, -0.25) is 9.78 Å². The molecular formula is C13H19N3O. The number of aromatic nitrogens is 1. The van der Waals surface area contributed by atoms with Gasteiger partial charge in [0.2, 0.25) is 5.91 Å². The van der Waals surface area contributed by atoms with E-state index in [4.69, 9.17) is 5.73 Å². The third-order valence-corrected chi connectivity index (χ3v) is 3.61. The van der Waals surface area contributed by atoms with Gasteiger partial charge in [-0.05, 0) is 24.5 Å². The number of nitrogens with zero attached hydrogens (tertiary/aromatic N) is 1. The van der Waals surface area contributed by atoms with Gasteiger partial charge in [0.1, 0.15) is 0 Å². The van der Waals surface area contributed by atoms with Crippen molar-refractivity contribution in [3.05, 3.63) is 30.1 Å². The lowest BCUT2D eigenvalue weighted by Gasteiger charge is -2.25. The summed E-state index contributed by atoms with van der Waals surface area (Å²) in [5, 5.41) is 2.97. The first-order valence-corrected chi connectivity index (χ1v) is 6.14. The van der Waals surface area contributed by atoms with Crippen molar-refractivity contribution in [2.24, 2.45) is 11.1 Å². The Morgan fingerprint density at radius 2 is 2.24 bits per heavy atom. The molecule has 3 N–H and O–H groups in total. The van der Waals surface area contributed by atoms with Crippen LogP contribution in [0.4, 0.5) is 0 Å². The zero-order valence-electron chi connectivity index (χ0n) is 9.98. The molecule has 1 amide bonds. The van der Waals surface area contributed by atoms with Crippen LogP contribution in [0.5, 0.6) is 0 Å². The summed E-state index contributed by atoms with van der Waals surface area (Å²) in [6.07, 6.45) is 7.55. The molecule has 1 fully saturated rings. The van der Waals surface area contributed by atoms with E-state index in [1.807, 2.05) is 12.1 Å². The van der Waals surface area contributed by atoms with Gasteiger partial charge in [-0.2, -0.15) is 0 Å². The Bertz CT molecular complexity index is 372. The van der Waals surface area contributed by atoms with Crippen LogP contribution in [0.3, 0.4) is 0 Å². The van der Waals surface area contributed by atoms with Gasteiger partial charge in [-0.1, -0.05) is 18.9 Å². The van der Waals surface area contributed by atoms with Crippen molar-refractivity contribution in [2.45, 2.75) is 32.2 Å². The van der Waals surface area contributed by atoms with Crippen molar-refractivity contribution in [1.82, 2.24) is 10.3 Å². The minimum absolute atomic E-state index is 0.0985. The summed E-state index contributed by atoms with van der Waals surface area (Å²) in [6, 6.07) is 3.83. The molecule has 0 atom stereocenters. The minimum Gasteiger partial charge on any atom is -0.351 e. The second-order valence-electron chi connectivity index (χ2n) is 4.74. The van der Waals surface area contributed by atoms with E-state index in [9.17, 15) is 4.79 Å². The molecule has 2 rings (SSSR count). The summed E-state index contributed by atoms with van der Waals surface area (Å²) in [7, 11) is 0. The first kappa shape index (κ1) is 12.0. The molecule has 4 heteroatoms. The maximum atomic E-state index is 12.2. The van der Waals surface area contributed by atoms with E-state index in [1.165, 1.54) is 0 Å². The number of nitrogens with one attached hydrogen (secondary N) is 1. The highest BCUT2D eigenvalue weighted by Gasteiger charge is 2.39. The molecule has 1 saturated carbocycles. The fourth-order valence-corrected chi connectivity index (χ4v) is 2.45. The number of hydrogen-bond acceptors (Lipinski definition) is 3. The van der Waals surface area contributed by atoms with Crippen LogP contribution in [0.15, 0.2) is 24.5 Å². The number of rotatable bonds is 4. The van der Waals surface area contributed by atoms with Gasteiger partial charge in [0.25, 0.3) is 0 Å². The molecule has 17 heavy (non-hydrogen) atoms. The first-order chi connectivity index (χ1) is 8.27. The smallest absolute Gasteiger partial charge is 0.227 e. The summed E-state index contributed by atoms with van der Waals surface area (Å²) in [6.45, 7) is 0.986. The number of pyridine rings is 1. The van der Waals surface area contributed by atoms with E-state index < -0.39 is 0 Å². The quantitative estimate of drug-likeness (QED) is 0.821. The van der Waals surface area contributed by atoms with Gasteiger partial charge in [-0.25, -0.2) is 0 Å². The lowest BCUT2D eigenvalue weighted by atomic mass is 9.85. The molecule has 92 valence electrons. The lowest BCUT2D eigenvalue weighted by Crippen LogP contribution is -2.43. The van der Waals surface area contributed by atoms with Gasteiger partial charge in [0, 0.05) is 25.5 Å². The van der Waals surface area contributed by atoms with Crippen molar-refractivity contribution in [2.75, 3.05) is 6.54 Å². The lowest BCUT2D eigenvalue weighted by molar-refractivity contribution is -0.130. The van der Waals surface area contributed by atoms with Crippen LogP contribution in [-0.4, -0.2) is 17.4 Å². The molecule has 0 aromatic carbocycles. The fourth-order valence-electron chi connectivity index (χ4n) is 2.45. The average Bonchev–Trinajstić information content (AvgIpc) is 2.87. The van der Waals surface area contributed by atoms with Crippen molar-refractivity contribution in [3.63, 3.8) is 0 Å². The van der Waals surface area contributed by atoms with E-state index in [0.717, 1.165) is 31.2 Å². The maximum absolute atomic E-state index is 12.2. The number of nitrogens with two attached hydrogens (primary N) is 1. The van der Waals surface area contributed by atoms with Crippen LogP contribution in [0.1, 0.15) is 31.2 Å². The monoisotopic (exact) mass is 233 g/mol. The molecule has 0 spiro atoms. The molecule has 1 aromatic heterocycles. The number of hydrogen-bond donors (Lipinski definition) is 2. The second-order valence-corrected chi connectivity index (χ2v) is 4.74. The van der Waals surface area contributed by atoms with E-state index in [-0.39, 0.29) is 11.3 Å². The number of carbonyl (C=O) groups is 1. The Morgan fingerprint density at radius 1 is 1.47 bits per heavy atom. The molecule has 0 aliphatic heterocycles. The SMILES string of the molecule is NCC1(C(=O)NCc2cccnc2)CCCC1. The molecule has 0 bridgehead atoms. The van der Waals surface area contributed by atoms with Crippen LogP contribution in [0.2, 0.25) is 0 Å². The fraction of sp³-hybridized carbons (Fsp3) is 0.538. The van der Waals surface area contributed by atoms with Crippen molar-refractivity contribution < 1.29 is 4.79 Å². The van der Waals surface area contributed by atoms with Gasteiger partial charge in [0.05, 0.1) is 5.41 Å². The van der Waals surface area contributed by atoms with Crippen LogP contribution < -0.4 is 11.1 Å². The molecule has 1 aliphatic rings. The Balaban J connectivity index is 1.93. The molecule has 0 saturated heterocycles. The average molecular weight is 233 g/mol. The highest BCUT2D eigenvalue weighted by atomic mass is 16.2. The van der Waals surface area contributed by atoms with Crippen LogP contribution >= 0.6 is 0 Å². The van der Waals surface area contributed by atoms with Crippen LogP contribution in [-0.2, 0) is 11.3 Å². The largest absolute Gasteiger partial charge is 0.351 e. The Kier molecular flexibility index (Phi) is 3.74. The molecule has 0 unspecified atom stereocenters. The Hall–Kier alpha value is -1.42. The number of amides is 1. The molecule has 1 aliphatic carbocycles. The summed E-state index contributed by atoms with van der Waals surface area (Å²) < 4.78 is 0. The predicted octanol–water partition coefficient (Wildman–Crippen LogP) is 1.22. The zero-order valence-corrected chi connectivity index (χ0v) is 9.98. The summed E-state index contributed by atoms with van der Waals surface area (Å²) in [5.41, 5.74) is 6.47. The zero-order chi connectivity index (χ0) is 12.1. The third-order valence-electron chi connectivity index (χ3n) is 3.61. The van der Waals surface area contributed by atoms with Gasteiger partial charge in [-0.15, -0.1) is 0 Å². The topological polar surface area (TPSA) is 68.0 Å². The van der Waals surface area contributed by atoms with Gasteiger partial charge in [0.15, 0.2) is 0 Å². The highest BCUT2D eigenvalue weighted by molar-refractivity contribution is 5.83. The van der Waals surface area contributed by atoms with Crippen molar-refractivity contribution in [3.8, 4) is 0 Å². The highest BCUT2D eigenvalue weighted by Crippen LogP contribution is 2.37. The number of carbonyl (C=O) groups excluding carboxylic acids is 1. The third kappa shape index (κ3) is 2.64. The van der Waals surface area contributed by atoms with Crippen LogP contribution in [0.25, 0.3) is 0 Å². The Labute approximate surface area is 102 Å². The normalized spacial score (nSPS) is 17.9. The molecule has 4 nitrogen and oxygen atoms in total. The predicted molar refractivity (Wildman–Crippen MR) is 66.0 cm³/mol. The minimum atomic E-state index is -0.317. The van der Waals surface area contributed by atoms with E-state index >= 15 is 0 Å². The summed E-state index contributed by atoms with van der Waals surface area (Å²) >= 11 is 0. The van der Waals surface area contributed by atoms with E-state index in [2.05, 4.69) is 10.3 Å². The van der Waals surface area contributed by atoms with Gasteiger partial charge < -0.3 is 11.1 Å². The van der Waals surface area contributed by atoms with Crippen molar-refractivity contribution in [1.29, 1.82) is 0 Å².